The molecule has 40 heavy (non-hydrogen) atoms. The SMILES string of the molecule is CCOC(=O)C1=C(C)N=c2s/c(=C\c3ccc(-c4cccc(Cl)c4Cl)o3)c(=O)n2[C@@H]1c1ccc(OC)cc1OC. The van der Waals surface area contributed by atoms with Crippen molar-refractivity contribution >= 4 is 46.6 Å². The number of esters is 1. The second kappa shape index (κ2) is 11.4. The number of allylic oxidation sites excluding steroid dienone is 1. The average molecular weight is 599 g/mol. The van der Waals surface area contributed by atoms with Crippen molar-refractivity contribution in [3.05, 3.63) is 101 Å². The lowest BCUT2D eigenvalue weighted by molar-refractivity contribution is -0.139. The molecule has 1 aliphatic rings. The van der Waals surface area contributed by atoms with Gasteiger partial charge in [-0.1, -0.05) is 40.6 Å². The van der Waals surface area contributed by atoms with Crippen LogP contribution in [-0.2, 0) is 9.53 Å². The van der Waals surface area contributed by atoms with Gasteiger partial charge >= 0.3 is 5.97 Å². The predicted molar refractivity (Wildman–Crippen MR) is 154 cm³/mol. The van der Waals surface area contributed by atoms with Gasteiger partial charge in [0.1, 0.15) is 29.1 Å². The standard InChI is InChI=1S/C29H24Cl2N2O6S/c1-5-38-28(35)24-15(2)32-29-33(26(24)19-11-9-16(36-3)13-22(19)37-4)27(34)23(40-29)14-17-10-12-21(39-17)18-7-6-8-20(30)25(18)31/h6-14,26H,5H2,1-4H3/b23-14-/t26-/m1/s1. The van der Waals surface area contributed by atoms with Crippen molar-refractivity contribution < 1.29 is 23.4 Å². The normalized spacial score (nSPS) is 15.1. The highest BCUT2D eigenvalue weighted by Crippen LogP contribution is 2.38. The van der Waals surface area contributed by atoms with Gasteiger partial charge in [-0.2, -0.15) is 0 Å². The van der Waals surface area contributed by atoms with Crippen LogP contribution < -0.4 is 24.4 Å². The molecular weight excluding hydrogens is 575 g/mol. The summed E-state index contributed by atoms with van der Waals surface area (Å²) in [6.07, 6.45) is 1.64. The molecule has 0 amide bonds. The first-order valence-corrected chi connectivity index (χ1v) is 13.8. The highest BCUT2D eigenvalue weighted by Gasteiger charge is 2.35. The van der Waals surface area contributed by atoms with Crippen LogP contribution in [0.4, 0.5) is 0 Å². The average Bonchev–Trinajstić information content (AvgIpc) is 3.53. The highest BCUT2D eigenvalue weighted by atomic mass is 35.5. The van der Waals surface area contributed by atoms with Crippen LogP contribution in [-0.4, -0.2) is 31.4 Å². The molecule has 0 N–H and O–H groups in total. The van der Waals surface area contributed by atoms with Crippen LogP contribution >= 0.6 is 34.5 Å². The van der Waals surface area contributed by atoms with Gasteiger partial charge in [0.25, 0.3) is 5.56 Å². The van der Waals surface area contributed by atoms with Gasteiger partial charge in [-0.3, -0.25) is 9.36 Å². The first-order valence-electron chi connectivity index (χ1n) is 12.2. The summed E-state index contributed by atoms with van der Waals surface area (Å²) in [6.45, 7) is 3.62. The van der Waals surface area contributed by atoms with Gasteiger partial charge in [-0.25, -0.2) is 9.79 Å². The molecule has 0 spiro atoms. The molecule has 0 saturated heterocycles. The Morgan fingerprint density at radius 3 is 2.67 bits per heavy atom. The second-order valence-corrected chi connectivity index (χ2v) is 10.5. The molecule has 11 heteroatoms. The summed E-state index contributed by atoms with van der Waals surface area (Å²) in [5.74, 6) is 1.41. The van der Waals surface area contributed by atoms with Gasteiger partial charge in [0.15, 0.2) is 4.80 Å². The number of hydrogen-bond donors (Lipinski definition) is 0. The van der Waals surface area contributed by atoms with E-state index in [0.29, 0.717) is 59.2 Å². The van der Waals surface area contributed by atoms with Crippen molar-refractivity contribution in [1.29, 1.82) is 0 Å². The summed E-state index contributed by atoms with van der Waals surface area (Å²) >= 11 is 13.7. The lowest BCUT2D eigenvalue weighted by Gasteiger charge is -2.26. The van der Waals surface area contributed by atoms with Crippen LogP contribution in [0, 0.1) is 0 Å². The predicted octanol–water partition coefficient (Wildman–Crippen LogP) is 5.38. The molecule has 3 heterocycles. The molecule has 0 bridgehead atoms. The third-order valence-electron chi connectivity index (χ3n) is 6.37. The highest BCUT2D eigenvalue weighted by molar-refractivity contribution is 7.07. The third kappa shape index (κ3) is 4.96. The molecule has 1 atom stereocenters. The van der Waals surface area contributed by atoms with Crippen molar-refractivity contribution in [1.82, 2.24) is 4.57 Å². The van der Waals surface area contributed by atoms with E-state index < -0.39 is 12.0 Å². The Labute approximate surface area is 243 Å². The molecule has 0 saturated carbocycles. The molecule has 0 radical (unpaired) electrons. The molecule has 0 aliphatic carbocycles. The number of rotatable bonds is 7. The van der Waals surface area contributed by atoms with E-state index in [2.05, 4.69) is 4.99 Å². The number of hydrogen-bond acceptors (Lipinski definition) is 8. The van der Waals surface area contributed by atoms with E-state index in [0.717, 1.165) is 0 Å². The van der Waals surface area contributed by atoms with Crippen molar-refractivity contribution in [3.63, 3.8) is 0 Å². The maximum atomic E-state index is 13.9. The van der Waals surface area contributed by atoms with E-state index in [-0.39, 0.29) is 17.7 Å². The van der Waals surface area contributed by atoms with E-state index in [1.165, 1.54) is 23.0 Å². The topological polar surface area (TPSA) is 92.3 Å². The Hall–Kier alpha value is -3.79. The second-order valence-electron chi connectivity index (χ2n) is 8.71. The number of methoxy groups -OCH3 is 2. The third-order valence-corrected chi connectivity index (χ3v) is 8.17. The lowest BCUT2D eigenvalue weighted by Crippen LogP contribution is -2.40. The van der Waals surface area contributed by atoms with E-state index in [4.69, 9.17) is 41.8 Å². The minimum absolute atomic E-state index is 0.171. The van der Waals surface area contributed by atoms with Crippen LogP contribution in [0.3, 0.4) is 0 Å². The first kappa shape index (κ1) is 27.8. The Kier molecular flexibility index (Phi) is 7.89. The molecule has 1 aliphatic heterocycles. The Balaban J connectivity index is 1.68. The van der Waals surface area contributed by atoms with Gasteiger partial charge < -0.3 is 18.6 Å². The molecule has 0 unspecified atom stereocenters. The molecule has 2 aromatic carbocycles. The smallest absolute Gasteiger partial charge is 0.338 e. The lowest BCUT2D eigenvalue weighted by atomic mass is 9.95. The van der Waals surface area contributed by atoms with Crippen LogP contribution in [0.5, 0.6) is 11.5 Å². The zero-order valence-electron chi connectivity index (χ0n) is 22.0. The number of carbonyl (C=O) groups excluding carboxylic acids is 1. The van der Waals surface area contributed by atoms with Crippen LogP contribution in [0.1, 0.15) is 31.2 Å². The van der Waals surface area contributed by atoms with Crippen molar-refractivity contribution in [2.75, 3.05) is 20.8 Å². The van der Waals surface area contributed by atoms with E-state index >= 15 is 0 Å². The maximum Gasteiger partial charge on any atom is 0.338 e. The zero-order chi connectivity index (χ0) is 28.6. The van der Waals surface area contributed by atoms with Crippen LogP contribution in [0.25, 0.3) is 17.4 Å². The molecule has 2 aromatic heterocycles. The largest absolute Gasteiger partial charge is 0.497 e. The number of ether oxygens (including phenoxy) is 3. The van der Waals surface area contributed by atoms with Gasteiger partial charge in [0.2, 0.25) is 0 Å². The monoisotopic (exact) mass is 598 g/mol. The number of furan rings is 1. The minimum atomic E-state index is -0.837. The Bertz CT molecular complexity index is 1840. The summed E-state index contributed by atoms with van der Waals surface area (Å²) in [5.41, 5.74) is 1.57. The number of carbonyl (C=O) groups is 1. The quantitative estimate of drug-likeness (QED) is 0.265. The van der Waals surface area contributed by atoms with Gasteiger partial charge in [0.05, 0.1) is 46.7 Å². The molecule has 8 nitrogen and oxygen atoms in total. The summed E-state index contributed by atoms with van der Waals surface area (Å²) in [4.78, 5) is 32.1. The summed E-state index contributed by atoms with van der Waals surface area (Å²) < 4.78 is 24.2. The molecular formula is C29H24Cl2N2O6S. The fourth-order valence-electron chi connectivity index (χ4n) is 4.53. The number of fused-ring (bicyclic) bond motifs is 1. The fourth-order valence-corrected chi connectivity index (χ4v) is 5.95. The van der Waals surface area contributed by atoms with Gasteiger partial charge in [-0.05, 0) is 50.2 Å². The van der Waals surface area contributed by atoms with E-state index in [1.54, 1.807) is 75.6 Å². The summed E-state index contributed by atoms with van der Waals surface area (Å²) in [7, 11) is 3.06. The number of nitrogens with zero attached hydrogens (tertiary/aromatic N) is 2. The van der Waals surface area contributed by atoms with Gasteiger partial charge in [-0.15, -0.1) is 0 Å². The van der Waals surface area contributed by atoms with Crippen LogP contribution in [0.2, 0.25) is 10.0 Å². The first-order chi connectivity index (χ1) is 19.3. The van der Waals surface area contributed by atoms with E-state index in [1.807, 2.05) is 0 Å². The maximum absolute atomic E-state index is 13.9. The molecule has 4 aromatic rings. The number of aromatic nitrogens is 1. The van der Waals surface area contributed by atoms with Gasteiger partial charge in [0, 0.05) is 23.3 Å². The Morgan fingerprint density at radius 2 is 1.95 bits per heavy atom. The molecule has 206 valence electrons. The zero-order valence-corrected chi connectivity index (χ0v) is 24.3. The van der Waals surface area contributed by atoms with E-state index in [9.17, 15) is 9.59 Å². The fraction of sp³-hybridized carbons (Fsp3) is 0.207. The summed E-state index contributed by atoms with van der Waals surface area (Å²) in [5, 5.41) is 0.784. The number of thiazole rings is 1. The molecule has 0 fully saturated rings. The number of halogens is 2. The Morgan fingerprint density at radius 1 is 1.15 bits per heavy atom. The molecule has 5 rings (SSSR count). The van der Waals surface area contributed by atoms with Crippen LogP contribution in [0.15, 0.2) is 74.0 Å². The van der Waals surface area contributed by atoms with Crippen molar-refractivity contribution in [3.8, 4) is 22.8 Å². The van der Waals surface area contributed by atoms with Crippen molar-refractivity contribution in [2.45, 2.75) is 19.9 Å². The van der Waals surface area contributed by atoms with Crippen molar-refractivity contribution in [2.24, 2.45) is 4.99 Å². The number of benzene rings is 2. The minimum Gasteiger partial charge on any atom is -0.497 e. The summed E-state index contributed by atoms with van der Waals surface area (Å²) in [6, 6.07) is 13.2.